The van der Waals surface area contributed by atoms with Crippen molar-refractivity contribution in [1.82, 2.24) is 9.97 Å². The number of aromatic nitrogens is 2. The normalized spacial score (nSPS) is 12.3. The highest BCUT2D eigenvalue weighted by Gasteiger charge is 2.31. The highest BCUT2D eigenvalue weighted by Crippen LogP contribution is 2.30. The monoisotopic (exact) mass is 475 g/mol. The Morgan fingerprint density at radius 2 is 1.64 bits per heavy atom. The van der Waals surface area contributed by atoms with Crippen LogP contribution in [0.15, 0.2) is 66.7 Å². The first-order valence-corrected chi connectivity index (χ1v) is 11.5. The Morgan fingerprint density at radius 1 is 0.939 bits per heavy atom. The maximum Gasteiger partial charge on any atom is 0.573 e. The molecule has 1 heterocycles. The van der Waals surface area contributed by atoms with E-state index < -0.39 is 21.6 Å². The second kappa shape index (κ2) is 8.43. The number of hydrogen-bond donors (Lipinski definition) is 2. The zero-order chi connectivity index (χ0) is 23.8. The number of sulfonamides is 1. The number of rotatable bonds is 6. The number of halogens is 3. The minimum absolute atomic E-state index is 0.288. The Labute approximate surface area is 188 Å². The van der Waals surface area contributed by atoms with Gasteiger partial charge in [-0.3, -0.25) is 4.72 Å². The fourth-order valence-electron chi connectivity index (χ4n) is 3.19. The molecule has 0 saturated heterocycles. The summed E-state index contributed by atoms with van der Waals surface area (Å²) in [5.74, 6) is 0.288. The molecular formula is C23H20F3N3O3S. The number of hydrogen-bond acceptors (Lipinski definition) is 4. The molecule has 0 amide bonds. The predicted molar refractivity (Wildman–Crippen MR) is 121 cm³/mol. The lowest BCUT2D eigenvalue weighted by atomic mass is 10.0. The molecule has 0 spiro atoms. The molecule has 33 heavy (non-hydrogen) atoms. The van der Waals surface area contributed by atoms with Crippen molar-refractivity contribution in [3.05, 3.63) is 66.7 Å². The first kappa shape index (κ1) is 22.7. The molecule has 0 fully saturated rings. The quantitative estimate of drug-likeness (QED) is 0.361. The third kappa shape index (κ3) is 5.28. The van der Waals surface area contributed by atoms with Crippen molar-refractivity contribution in [2.24, 2.45) is 0 Å². The topological polar surface area (TPSA) is 84.1 Å². The summed E-state index contributed by atoms with van der Waals surface area (Å²) in [6.45, 7) is 3.19. The number of anilines is 1. The average molecular weight is 475 g/mol. The number of alkyl halides is 3. The molecule has 0 unspecified atom stereocenters. The summed E-state index contributed by atoms with van der Waals surface area (Å²) < 4.78 is 67.8. The van der Waals surface area contributed by atoms with E-state index in [4.69, 9.17) is 0 Å². The molecule has 4 rings (SSSR count). The van der Waals surface area contributed by atoms with Crippen molar-refractivity contribution in [3.8, 4) is 28.3 Å². The van der Waals surface area contributed by atoms with Crippen LogP contribution in [0.2, 0.25) is 0 Å². The van der Waals surface area contributed by atoms with Crippen molar-refractivity contribution in [1.29, 1.82) is 0 Å². The largest absolute Gasteiger partial charge is 0.573 e. The molecule has 0 radical (unpaired) electrons. The molecular weight excluding hydrogens is 455 g/mol. The van der Waals surface area contributed by atoms with Gasteiger partial charge in [-0.25, -0.2) is 13.4 Å². The van der Waals surface area contributed by atoms with E-state index in [0.29, 0.717) is 28.1 Å². The predicted octanol–water partition coefficient (Wildman–Crippen LogP) is 5.95. The first-order chi connectivity index (χ1) is 15.5. The molecule has 2 N–H and O–H groups in total. The third-order valence-electron chi connectivity index (χ3n) is 4.92. The number of benzene rings is 3. The average Bonchev–Trinajstić information content (AvgIpc) is 3.16. The summed E-state index contributed by atoms with van der Waals surface area (Å²) in [6.07, 6.45) is -4.74. The molecule has 10 heteroatoms. The number of aromatic amines is 1. The Kier molecular flexibility index (Phi) is 5.79. The van der Waals surface area contributed by atoms with Gasteiger partial charge in [-0.2, -0.15) is 0 Å². The molecule has 0 bridgehead atoms. The summed E-state index contributed by atoms with van der Waals surface area (Å²) in [5.41, 5.74) is 4.03. The van der Waals surface area contributed by atoms with Crippen molar-refractivity contribution in [2.45, 2.75) is 25.5 Å². The van der Waals surface area contributed by atoms with Crippen LogP contribution < -0.4 is 9.46 Å². The molecule has 172 valence electrons. The Bertz CT molecular complexity index is 1400. The number of H-pyrrole nitrogens is 1. The molecule has 4 aromatic rings. The van der Waals surface area contributed by atoms with Crippen molar-refractivity contribution in [2.75, 3.05) is 4.72 Å². The van der Waals surface area contributed by atoms with Crippen LogP contribution >= 0.6 is 0 Å². The number of imidazole rings is 1. The lowest BCUT2D eigenvalue weighted by molar-refractivity contribution is -0.274. The van der Waals surface area contributed by atoms with Gasteiger partial charge >= 0.3 is 6.36 Å². The zero-order valence-corrected chi connectivity index (χ0v) is 18.5. The van der Waals surface area contributed by atoms with Crippen LogP contribution in [-0.2, 0) is 10.0 Å². The van der Waals surface area contributed by atoms with Gasteiger partial charge in [0, 0.05) is 5.56 Å². The smallest absolute Gasteiger partial charge is 0.406 e. The molecule has 6 nitrogen and oxygen atoms in total. The van der Waals surface area contributed by atoms with E-state index in [1.165, 1.54) is 12.1 Å². The summed E-state index contributed by atoms with van der Waals surface area (Å²) in [6, 6.07) is 18.0. The van der Waals surface area contributed by atoms with Crippen LogP contribution in [-0.4, -0.2) is 30.0 Å². The minimum atomic E-state index is -4.74. The Hall–Kier alpha value is -3.53. The number of ether oxygens (including phenoxy) is 1. The van der Waals surface area contributed by atoms with Crippen LogP contribution in [0.3, 0.4) is 0 Å². The van der Waals surface area contributed by atoms with Gasteiger partial charge in [0.15, 0.2) is 0 Å². The van der Waals surface area contributed by atoms with Gasteiger partial charge in [0.1, 0.15) is 11.6 Å². The molecule has 0 aliphatic carbocycles. The van der Waals surface area contributed by atoms with Crippen LogP contribution in [0.25, 0.3) is 33.5 Å². The molecule has 3 aromatic carbocycles. The highest BCUT2D eigenvalue weighted by atomic mass is 32.2. The Morgan fingerprint density at radius 3 is 2.30 bits per heavy atom. The molecule has 0 aliphatic rings. The van der Waals surface area contributed by atoms with Crippen molar-refractivity contribution >= 4 is 26.7 Å². The second-order valence-corrected chi connectivity index (χ2v) is 9.90. The molecule has 0 aliphatic heterocycles. The lowest BCUT2D eigenvalue weighted by Crippen LogP contribution is -2.22. The van der Waals surface area contributed by atoms with Gasteiger partial charge in [0.05, 0.1) is 22.0 Å². The maximum absolute atomic E-state index is 12.4. The van der Waals surface area contributed by atoms with Gasteiger partial charge in [-0.15, -0.1) is 13.2 Å². The van der Waals surface area contributed by atoms with Crippen molar-refractivity contribution in [3.63, 3.8) is 0 Å². The minimum Gasteiger partial charge on any atom is -0.406 e. The Balaban J connectivity index is 1.61. The van der Waals surface area contributed by atoms with E-state index >= 15 is 0 Å². The molecule has 0 atom stereocenters. The van der Waals surface area contributed by atoms with Crippen LogP contribution in [0, 0.1) is 0 Å². The lowest BCUT2D eigenvalue weighted by Gasteiger charge is -2.10. The van der Waals surface area contributed by atoms with Crippen molar-refractivity contribution < 1.29 is 26.3 Å². The van der Waals surface area contributed by atoms with E-state index in [1.807, 2.05) is 24.3 Å². The summed E-state index contributed by atoms with van der Waals surface area (Å²) in [4.78, 5) is 7.76. The van der Waals surface area contributed by atoms with Crippen LogP contribution in [0.1, 0.15) is 13.8 Å². The second-order valence-electron chi connectivity index (χ2n) is 7.67. The van der Waals surface area contributed by atoms with E-state index in [9.17, 15) is 21.6 Å². The van der Waals surface area contributed by atoms with Gasteiger partial charge in [-0.1, -0.05) is 30.3 Å². The fraction of sp³-hybridized carbons (Fsp3) is 0.174. The summed E-state index contributed by atoms with van der Waals surface area (Å²) in [5, 5.41) is -0.567. The number of fused-ring (bicyclic) bond motifs is 1. The summed E-state index contributed by atoms with van der Waals surface area (Å²) >= 11 is 0. The SMILES string of the molecule is CC(C)S(=O)(=O)Nc1ccc2nc(-c3cccc(-c4ccc(OC(F)(F)F)cc4)c3)[nH]c2c1. The first-order valence-electron chi connectivity index (χ1n) is 9.98. The number of nitrogens with one attached hydrogen (secondary N) is 2. The van der Waals surface area contributed by atoms with Gasteiger partial charge in [-0.05, 0) is 61.4 Å². The van der Waals surface area contributed by atoms with E-state index in [-0.39, 0.29) is 5.75 Å². The number of nitrogens with zero attached hydrogens (tertiary/aromatic N) is 1. The van der Waals surface area contributed by atoms with Gasteiger partial charge in [0.2, 0.25) is 10.0 Å². The van der Waals surface area contributed by atoms with Gasteiger partial charge in [0.25, 0.3) is 0 Å². The standard InChI is InChI=1S/C23H20F3N3O3S/c1-14(2)33(30,31)29-18-8-11-20-21(13-18)28-22(27-20)17-5-3-4-16(12-17)15-6-9-19(10-7-15)32-23(24,25)26/h3-14,29H,1-2H3,(H,27,28). The van der Waals surface area contributed by atoms with E-state index in [0.717, 1.165) is 11.1 Å². The van der Waals surface area contributed by atoms with E-state index in [2.05, 4.69) is 19.4 Å². The van der Waals surface area contributed by atoms with Gasteiger partial charge < -0.3 is 9.72 Å². The maximum atomic E-state index is 12.4. The molecule has 0 saturated carbocycles. The van der Waals surface area contributed by atoms with Crippen LogP contribution in [0.5, 0.6) is 5.75 Å². The third-order valence-corrected chi connectivity index (χ3v) is 6.68. The fourth-order valence-corrected chi connectivity index (χ4v) is 3.88. The molecule has 1 aromatic heterocycles. The zero-order valence-electron chi connectivity index (χ0n) is 17.6. The summed E-state index contributed by atoms with van der Waals surface area (Å²) in [7, 11) is -3.47. The van der Waals surface area contributed by atoms with Crippen LogP contribution in [0.4, 0.5) is 18.9 Å². The van der Waals surface area contributed by atoms with E-state index in [1.54, 1.807) is 44.2 Å². The highest BCUT2D eigenvalue weighted by molar-refractivity contribution is 7.93.